The summed E-state index contributed by atoms with van der Waals surface area (Å²) in [4.78, 5) is 11.7. The molecule has 0 spiro atoms. The molecule has 1 aromatic rings. The van der Waals surface area contributed by atoms with E-state index in [0.29, 0.717) is 19.6 Å². The Morgan fingerprint density at radius 2 is 2.12 bits per heavy atom. The van der Waals surface area contributed by atoms with E-state index in [0.717, 1.165) is 24.1 Å². The van der Waals surface area contributed by atoms with Crippen LogP contribution in [0.15, 0.2) is 24.3 Å². The van der Waals surface area contributed by atoms with Crippen molar-refractivity contribution in [3.05, 3.63) is 29.8 Å². The third-order valence-corrected chi connectivity index (χ3v) is 2.45. The average Bonchev–Trinajstić information content (AvgIpc) is 2.32. The molecular formula is C13H20N2O2. The molecule has 1 aromatic carbocycles. The summed E-state index contributed by atoms with van der Waals surface area (Å²) in [5.74, 6) is 0.0296. The summed E-state index contributed by atoms with van der Waals surface area (Å²) in [7, 11) is 1.64. The molecule has 17 heavy (non-hydrogen) atoms. The lowest BCUT2D eigenvalue weighted by Gasteiger charge is -2.10. The second kappa shape index (κ2) is 7.81. The molecule has 0 atom stereocenters. The molecular weight excluding hydrogens is 216 g/mol. The molecule has 0 bridgehead atoms. The number of methoxy groups -OCH3 is 1. The monoisotopic (exact) mass is 236 g/mol. The Hall–Kier alpha value is -1.39. The van der Waals surface area contributed by atoms with Crippen molar-refractivity contribution in [2.75, 3.05) is 19.0 Å². The molecule has 0 saturated heterocycles. The zero-order chi connectivity index (χ0) is 12.5. The van der Waals surface area contributed by atoms with E-state index in [2.05, 4.69) is 5.32 Å². The summed E-state index contributed by atoms with van der Waals surface area (Å²) >= 11 is 0. The lowest BCUT2D eigenvalue weighted by atomic mass is 10.1. The molecule has 0 saturated carbocycles. The number of hydrogen-bond acceptors (Lipinski definition) is 3. The third-order valence-electron chi connectivity index (χ3n) is 2.45. The highest BCUT2D eigenvalue weighted by Crippen LogP contribution is 2.16. The number of amides is 1. The van der Waals surface area contributed by atoms with Crippen molar-refractivity contribution < 1.29 is 9.53 Å². The highest BCUT2D eigenvalue weighted by molar-refractivity contribution is 5.91. The maximum absolute atomic E-state index is 11.7. The topological polar surface area (TPSA) is 64.3 Å². The number of rotatable bonds is 7. The minimum absolute atomic E-state index is 0.0296. The molecule has 3 N–H and O–H groups in total. The Morgan fingerprint density at radius 1 is 1.35 bits per heavy atom. The zero-order valence-electron chi connectivity index (χ0n) is 10.2. The number of carbonyl (C=O) groups excluding carboxylic acids is 1. The SMILES string of the molecule is COCc1ccccc1NC(=O)CCCCN. The van der Waals surface area contributed by atoms with Crippen molar-refractivity contribution in [3.63, 3.8) is 0 Å². The van der Waals surface area contributed by atoms with Crippen molar-refractivity contribution >= 4 is 11.6 Å². The highest BCUT2D eigenvalue weighted by Gasteiger charge is 2.05. The average molecular weight is 236 g/mol. The summed E-state index contributed by atoms with van der Waals surface area (Å²) in [6, 6.07) is 7.65. The maximum Gasteiger partial charge on any atom is 0.224 e. The zero-order valence-corrected chi connectivity index (χ0v) is 10.2. The van der Waals surface area contributed by atoms with E-state index in [-0.39, 0.29) is 5.91 Å². The molecule has 0 aliphatic carbocycles. The van der Waals surface area contributed by atoms with Crippen molar-refractivity contribution in [1.82, 2.24) is 0 Å². The Kier molecular flexibility index (Phi) is 6.29. The van der Waals surface area contributed by atoms with Gasteiger partial charge in [-0.1, -0.05) is 18.2 Å². The minimum Gasteiger partial charge on any atom is -0.380 e. The van der Waals surface area contributed by atoms with Crippen LogP contribution in [0, 0.1) is 0 Å². The molecule has 0 unspecified atom stereocenters. The van der Waals surface area contributed by atoms with Gasteiger partial charge < -0.3 is 15.8 Å². The van der Waals surface area contributed by atoms with Gasteiger partial charge in [-0.3, -0.25) is 4.79 Å². The van der Waals surface area contributed by atoms with Crippen LogP contribution in [-0.4, -0.2) is 19.6 Å². The van der Waals surface area contributed by atoms with E-state index in [1.165, 1.54) is 0 Å². The smallest absolute Gasteiger partial charge is 0.224 e. The predicted octanol–water partition coefficient (Wildman–Crippen LogP) is 1.90. The van der Waals surface area contributed by atoms with Crippen LogP contribution in [0.1, 0.15) is 24.8 Å². The Balaban J connectivity index is 2.52. The number of anilines is 1. The van der Waals surface area contributed by atoms with Gasteiger partial charge in [0.1, 0.15) is 0 Å². The van der Waals surface area contributed by atoms with Crippen molar-refractivity contribution in [1.29, 1.82) is 0 Å². The molecule has 0 heterocycles. The lowest BCUT2D eigenvalue weighted by molar-refractivity contribution is -0.116. The van der Waals surface area contributed by atoms with Crippen LogP contribution >= 0.6 is 0 Å². The van der Waals surface area contributed by atoms with E-state index < -0.39 is 0 Å². The number of nitrogens with two attached hydrogens (primary N) is 1. The summed E-state index contributed by atoms with van der Waals surface area (Å²) in [5, 5.41) is 2.89. The fourth-order valence-corrected chi connectivity index (χ4v) is 1.57. The van der Waals surface area contributed by atoms with Crippen LogP contribution in [0.3, 0.4) is 0 Å². The molecule has 0 radical (unpaired) electrons. The number of ether oxygens (including phenoxy) is 1. The van der Waals surface area contributed by atoms with Gasteiger partial charge in [-0.15, -0.1) is 0 Å². The highest BCUT2D eigenvalue weighted by atomic mass is 16.5. The first-order chi connectivity index (χ1) is 8.27. The molecule has 4 nitrogen and oxygen atoms in total. The van der Waals surface area contributed by atoms with Gasteiger partial charge >= 0.3 is 0 Å². The van der Waals surface area contributed by atoms with Crippen molar-refractivity contribution in [2.24, 2.45) is 5.73 Å². The molecule has 0 aliphatic heterocycles. The standard InChI is InChI=1S/C13H20N2O2/c1-17-10-11-6-2-3-7-12(11)15-13(16)8-4-5-9-14/h2-3,6-7H,4-5,8-10,14H2,1H3,(H,15,16). The minimum atomic E-state index is 0.0296. The van der Waals surface area contributed by atoms with Crippen LogP contribution < -0.4 is 11.1 Å². The number of hydrogen-bond donors (Lipinski definition) is 2. The lowest BCUT2D eigenvalue weighted by Crippen LogP contribution is -2.13. The van der Waals surface area contributed by atoms with Crippen LogP contribution in [-0.2, 0) is 16.1 Å². The Morgan fingerprint density at radius 3 is 2.82 bits per heavy atom. The number of para-hydroxylation sites is 1. The molecule has 1 amide bonds. The summed E-state index contributed by atoms with van der Waals surface area (Å²) in [6.45, 7) is 1.13. The second-order valence-electron chi connectivity index (χ2n) is 3.88. The van der Waals surface area contributed by atoms with E-state index in [4.69, 9.17) is 10.5 Å². The fourth-order valence-electron chi connectivity index (χ4n) is 1.57. The van der Waals surface area contributed by atoms with Gasteiger partial charge in [0.2, 0.25) is 5.91 Å². The molecule has 1 rings (SSSR count). The quantitative estimate of drug-likeness (QED) is 0.711. The number of nitrogens with one attached hydrogen (secondary N) is 1. The fraction of sp³-hybridized carbons (Fsp3) is 0.462. The summed E-state index contributed by atoms with van der Waals surface area (Å²) in [6.07, 6.45) is 2.22. The van der Waals surface area contributed by atoms with Gasteiger partial charge in [-0.05, 0) is 25.5 Å². The van der Waals surface area contributed by atoms with E-state index in [1.807, 2.05) is 24.3 Å². The third kappa shape index (κ3) is 4.97. The van der Waals surface area contributed by atoms with Crippen LogP contribution in [0.2, 0.25) is 0 Å². The summed E-state index contributed by atoms with van der Waals surface area (Å²) in [5.41, 5.74) is 7.20. The van der Waals surface area contributed by atoms with Crippen LogP contribution in [0.5, 0.6) is 0 Å². The first-order valence-corrected chi connectivity index (χ1v) is 5.84. The summed E-state index contributed by atoms with van der Waals surface area (Å²) < 4.78 is 5.08. The van der Waals surface area contributed by atoms with E-state index in [1.54, 1.807) is 7.11 Å². The van der Waals surface area contributed by atoms with Gasteiger partial charge in [-0.25, -0.2) is 0 Å². The normalized spacial score (nSPS) is 10.2. The van der Waals surface area contributed by atoms with Gasteiger partial charge in [0.25, 0.3) is 0 Å². The largest absolute Gasteiger partial charge is 0.380 e. The van der Waals surface area contributed by atoms with E-state index >= 15 is 0 Å². The second-order valence-corrected chi connectivity index (χ2v) is 3.88. The van der Waals surface area contributed by atoms with Crippen molar-refractivity contribution in [2.45, 2.75) is 25.9 Å². The molecule has 0 aliphatic rings. The van der Waals surface area contributed by atoms with Gasteiger partial charge in [0.15, 0.2) is 0 Å². The molecule has 0 fully saturated rings. The molecule has 94 valence electrons. The van der Waals surface area contributed by atoms with Crippen LogP contribution in [0.4, 0.5) is 5.69 Å². The van der Waals surface area contributed by atoms with E-state index in [9.17, 15) is 4.79 Å². The number of benzene rings is 1. The Bertz CT molecular complexity index is 353. The van der Waals surface area contributed by atoms with Gasteiger partial charge in [0, 0.05) is 24.8 Å². The first-order valence-electron chi connectivity index (χ1n) is 5.84. The predicted molar refractivity (Wildman–Crippen MR) is 68.7 cm³/mol. The molecule has 0 aromatic heterocycles. The number of carbonyl (C=O) groups is 1. The van der Waals surface area contributed by atoms with Gasteiger partial charge in [-0.2, -0.15) is 0 Å². The number of unbranched alkanes of at least 4 members (excludes halogenated alkanes) is 1. The van der Waals surface area contributed by atoms with Crippen LogP contribution in [0.25, 0.3) is 0 Å². The first kappa shape index (κ1) is 13.7. The van der Waals surface area contributed by atoms with Gasteiger partial charge in [0.05, 0.1) is 6.61 Å². The maximum atomic E-state index is 11.7. The Labute approximate surface area is 102 Å². The molecule has 4 heteroatoms. The van der Waals surface area contributed by atoms with Crippen molar-refractivity contribution in [3.8, 4) is 0 Å².